The maximum absolute atomic E-state index is 11.9. The van der Waals surface area contributed by atoms with E-state index in [1.54, 1.807) is 26.3 Å². The summed E-state index contributed by atoms with van der Waals surface area (Å²) in [5, 5.41) is 3.40. The van der Waals surface area contributed by atoms with E-state index in [0.29, 0.717) is 29.7 Å². The third-order valence-electron chi connectivity index (χ3n) is 4.50. The van der Waals surface area contributed by atoms with Crippen molar-refractivity contribution in [3.63, 3.8) is 0 Å². The molecule has 1 aromatic carbocycles. The zero-order chi connectivity index (χ0) is 18.4. The smallest absolute Gasteiger partial charge is 0.341 e. The van der Waals surface area contributed by atoms with Gasteiger partial charge in [-0.15, -0.1) is 0 Å². The molecule has 138 valence electrons. The number of piperidine rings is 1. The number of nitrogens with one attached hydrogen (secondary N) is 1. The van der Waals surface area contributed by atoms with Crippen molar-refractivity contribution in [2.45, 2.75) is 26.8 Å². The zero-order valence-electron chi connectivity index (χ0n) is 15.8. The first-order chi connectivity index (χ1) is 12.0. The minimum Gasteiger partial charge on any atom is -0.496 e. The van der Waals surface area contributed by atoms with E-state index in [4.69, 9.17) is 9.47 Å². The summed E-state index contributed by atoms with van der Waals surface area (Å²) in [7, 11) is 4.72. The van der Waals surface area contributed by atoms with Crippen LogP contribution in [0.5, 0.6) is 5.75 Å². The Balaban J connectivity index is 2.07. The minimum absolute atomic E-state index is 0.401. The van der Waals surface area contributed by atoms with Gasteiger partial charge in [-0.05, 0) is 36.0 Å². The second-order valence-electron chi connectivity index (χ2n) is 6.78. The second kappa shape index (κ2) is 8.74. The van der Waals surface area contributed by atoms with Gasteiger partial charge in [0.25, 0.3) is 0 Å². The summed E-state index contributed by atoms with van der Waals surface area (Å²) in [6, 6.07) is 5.52. The lowest BCUT2D eigenvalue weighted by molar-refractivity contribution is 0.0597. The van der Waals surface area contributed by atoms with Crippen LogP contribution >= 0.6 is 0 Å². The van der Waals surface area contributed by atoms with Crippen LogP contribution in [0.2, 0.25) is 0 Å². The molecule has 0 spiro atoms. The molecule has 0 bridgehead atoms. The molecule has 0 aliphatic carbocycles. The second-order valence-corrected chi connectivity index (χ2v) is 6.78. The van der Waals surface area contributed by atoms with E-state index in [1.807, 2.05) is 6.07 Å². The fraction of sp³-hybridized carbons (Fsp3) is 0.579. The number of nitrogens with zero attached hydrogens (tertiary/aromatic N) is 2. The molecule has 1 N–H and O–H groups in total. The molecule has 2 atom stereocenters. The fourth-order valence-electron chi connectivity index (χ4n) is 3.48. The van der Waals surface area contributed by atoms with Crippen LogP contribution in [0.15, 0.2) is 23.2 Å². The maximum atomic E-state index is 11.9. The van der Waals surface area contributed by atoms with Gasteiger partial charge in [0.15, 0.2) is 5.96 Å². The molecule has 2 unspecified atom stereocenters. The predicted molar refractivity (Wildman–Crippen MR) is 99.1 cm³/mol. The van der Waals surface area contributed by atoms with Crippen molar-refractivity contribution in [1.82, 2.24) is 10.2 Å². The molecule has 6 nitrogen and oxygen atoms in total. The summed E-state index contributed by atoms with van der Waals surface area (Å²) >= 11 is 0. The quantitative estimate of drug-likeness (QED) is 0.515. The van der Waals surface area contributed by atoms with Gasteiger partial charge in [-0.1, -0.05) is 19.9 Å². The number of carbonyl (C=O) groups excluding carboxylic acids is 1. The number of rotatable bonds is 4. The lowest BCUT2D eigenvalue weighted by Gasteiger charge is -2.37. The Morgan fingerprint density at radius 2 is 1.96 bits per heavy atom. The highest BCUT2D eigenvalue weighted by Crippen LogP contribution is 2.22. The predicted octanol–water partition coefficient (Wildman–Crippen LogP) is 2.54. The molecule has 0 aromatic heterocycles. The van der Waals surface area contributed by atoms with E-state index >= 15 is 0 Å². The van der Waals surface area contributed by atoms with Gasteiger partial charge >= 0.3 is 5.97 Å². The van der Waals surface area contributed by atoms with Crippen LogP contribution in [0.25, 0.3) is 0 Å². The Hall–Kier alpha value is -2.24. The Kier molecular flexibility index (Phi) is 6.67. The molecule has 1 aromatic rings. The van der Waals surface area contributed by atoms with E-state index in [-0.39, 0.29) is 0 Å². The highest BCUT2D eigenvalue weighted by Gasteiger charge is 2.24. The van der Waals surface area contributed by atoms with Crippen LogP contribution < -0.4 is 10.1 Å². The molecular formula is C19H29N3O3. The first-order valence-electron chi connectivity index (χ1n) is 8.69. The van der Waals surface area contributed by atoms with Crippen molar-refractivity contribution >= 4 is 11.9 Å². The number of hydrogen-bond acceptors (Lipinski definition) is 4. The van der Waals surface area contributed by atoms with Gasteiger partial charge in [0.1, 0.15) is 11.3 Å². The average molecular weight is 347 g/mol. The summed E-state index contributed by atoms with van der Waals surface area (Å²) in [6.45, 7) is 7.17. The van der Waals surface area contributed by atoms with Gasteiger partial charge in [-0.3, -0.25) is 4.99 Å². The molecule has 25 heavy (non-hydrogen) atoms. The summed E-state index contributed by atoms with van der Waals surface area (Å²) < 4.78 is 10.1. The molecule has 1 aliphatic heterocycles. The van der Waals surface area contributed by atoms with Gasteiger partial charge in [-0.2, -0.15) is 0 Å². The van der Waals surface area contributed by atoms with Gasteiger partial charge in [0, 0.05) is 26.7 Å². The number of carbonyl (C=O) groups is 1. The Bertz CT molecular complexity index is 620. The van der Waals surface area contributed by atoms with Gasteiger partial charge in [-0.25, -0.2) is 4.79 Å². The molecule has 1 heterocycles. The number of guanidine groups is 1. The molecule has 0 radical (unpaired) electrons. The number of likely N-dealkylation sites (tertiary alicyclic amines) is 1. The summed E-state index contributed by atoms with van der Waals surface area (Å²) in [5.74, 6) is 2.33. The van der Waals surface area contributed by atoms with E-state index < -0.39 is 5.97 Å². The third kappa shape index (κ3) is 4.87. The van der Waals surface area contributed by atoms with Crippen molar-refractivity contribution in [3.05, 3.63) is 29.3 Å². The van der Waals surface area contributed by atoms with E-state index in [2.05, 4.69) is 29.1 Å². The molecule has 0 amide bonds. The average Bonchev–Trinajstić information content (AvgIpc) is 2.60. The third-order valence-corrected chi connectivity index (χ3v) is 4.50. The van der Waals surface area contributed by atoms with Crippen molar-refractivity contribution < 1.29 is 14.3 Å². The van der Waals surface area contributed by atoms with Crippen molar-refractivity contribution in [2.75, 3.05) is 34.4 Å². The van der Waals surface area contributed by atoms with Crippen LogP contribution in [0.4, 0.5) is 0 Å². The number of ether oxygens (including phenoxy) is 2. The van der Waals surface area contributed by atoms with Crippen LogP contribution in [0.3, 0.4) is 0 Å². The maximum Gasteiger partial charge on any atom is 0.341 e. The SMILES string of the molecule is CN=C(NCc1ccc(OC)c(C(=O)OC)c1)N1CC(C)CC(C)C1. The van der Waals surface area contributed by atoms with Crippen LogP contribution in [-0.2, 0) is 11.3 Å². The summed E-state index contributed by atoms with van der Waals surface area (Å²) in [4.78, 5) is 18.6. The van der Waals surface area contributed by atoms with Crippen molar-refractivity contribution in [1.29, 1.82) is 0 Å². The molecule has 1 fully saturated rings. The number of benzene rings is 1. The monoisotopic (exact) mass is 347 g/mol. The molecule has 0 saturated carbocycles. The number of aliphatic imine (C=N–C) groups is 1. The highest BCUT2D eigenvalue weighted by molar-refractivity contribution is 5.92. The molecular weight excluding hydrogens is 318 g/mol. The number of esters is 1. The summed E-state index contributed by atoms with van der Waals surface area (Å²) in [5.41, 5.74) is 1.40. The Morgan fingerprint density at radius 3 is 2.52 bits per heavy atom. The van der Waals surface area contributed by atoms with E-state index in [1.165, 1.54) is 13.5 Å². The van der Waals surface area contributed by atoms with E-state index in [9.17, 15) is 4.79 Å². The first kappa shape index (κ1) is 19.1. The first-order valence-corrected chi connectivity index (χ1v) is 8.69. The molecule has 2 rings (SSSR count). The molecule has 6 heteroatoms. The normalized spacial score (nSPS) is 21.0. The highest BCUT2D eigenvalue weighted by atomic mass is 16.5. The number of methoxy groups -OCH3 is 2. The van der Waals surface area contributed by atoms with Crippen LogP contribution in [-0.4, -0.2) is 51.2 Å². The zero-order valence-corrected chi connectivity index (χ0v) is 15.8. The summed E-state index contributed by atoms with van der Waals surface area (Å²) in [6.07, 6.45) is 1.26. The van der Waals surface area contributed by atoms with Crippen LogP contribution in [0.1, 0.15) is 36.2 Å². The Labute approximate surface area is 150 Å². The largest absolute Gasteiger partial charge is 0.496 e. The van der Waals surface area contributed by atoms with E-state index in [0.717, 1.165) is 24.6 Å². The standard InChI is InChI=1S/C19H29N3O3/c1-13-8-14(2)12-22(11-13)19(20-3)21-10-15-6-7-17(24-4)16(9-15)18(23)25-5/h6-7,9,13-14H,8,10-12H2,1-5H3,(H,20,21). The van der Waals surface area contributed by atoms with Gasteiger partial charge in [0.05, 0.1) is 14.2 Å². The minimum atomic E-state index is -0.401. The Morgan fingerprint density at radius 1 is 1.28 bits per heavy atom. The topological polar surface area (TPSA) is 63.2 Å². The van der Waals surface area contributed by atoms with Crippen molar-refractivity contribution in [3.8, 4) is 5.75 Å². The fourth-order valence-corrected chi connectivity index (χ4v) is 3.48. The van der Waals surface area contributed by atoms with Crippen molar-refractivity contribution in [2.24, 2.45) is 16.8 Å². The molecule has 1 aliphatic rings. The van der Waals surface area contributed by atoms with Gasteiger partial charge < -0.3 is 19.7 Å². The number of hydrogen-bond donors (Lipinski definition) is 1. The molecule has 1 saturated heterocycles. The lowest BCUT2D eigenvalue weighted by atomic mass is 9.92. The lowest BCUT2D eigenvalue weighted by Crippen LogP contribution is -2.48. The van der Waals surface area contributed by atoms with Crippen LogP contribution in [0, 0.1) is 11.8 Å². The van der Waals surface area contributed by atoms with Gasteiger partial charge in [0.2, 0.25) is 0 Å².